The molecule has 0 N–H and O–H groups in total. The molecular weight excluding hydrogens is 218 g/mol. The molecule has 0 fully saturated rings. The summed E-state index contributed by atoms with van der Waals surface area (Å²) in [5.41, 5.74) is 6.47. The lowest BCUT2D eigenvalue weighted by molar-refractivity contribution is -0.405. The zero-order chi connectivity index (χ0) is 13.1. The largest absolute Gasteiger partial charge is 0.208 e. The van der Waals surface area contributed by atoms with E-state index in [-0.39, 0.29) is 0 Å². The Hall–Kier alpha value is -1.89. The van der Waals surface area contributed by atoms with Gasteiger partial charge < -0.3 is 0 Å². The highest BCUT2D eigenvalue weighted by molar-refractivity contribution is 5.96. The molecule has 18 heavy (non-hydrogen) atoms. The van der Waals surface area contributed by atoms with Crippen LogP contribution in [0.25, 0.3) is 0 Å². The maximum absolute atomic E-state index is 2.26. The van der Waals surface area contributed by atoms with E-state index < -0.39 is 0 Å². The first-order chi connectivity index (χ1) is 8.61. The van der Waals surface area contributed by atoms with E-state index in [0.717, 1.165) is 0 Å². The molecular formula is C17H20N+. The maximum Gasteiger partial charge on any atom is 0.208 e. The fourth-order valence-corrected chi connectivity index (χ4v) is 2.28. The third-order valence-corrected chi connectivity index (χ3v) is 3.51. The summed E-state index contributed by atoms with van der Waals surface area (Å²) in [6, 6.07) is 17.0. The van der Waals surface area contributed by atoms with Crippen molar-refractivity contribution in [1.82, 2.24) is 0 Å². The van der Waals surface area contributed by atoms with E-state index in [1.54, 1.807) is 0 Å². The lowest BCUT2D eigenvalue weighted by Crippen LogP contribution is -2.13. The Kier molecular flexibility index (Phi) is 3.61. The van der Waals surface area contributed by atoms with Crippen LogP contribution >= 0.6 is 0 Å². The summed E-state index contributed by atoms with van der Waals surface area (Å²) in [5.74, 6) is 0. The minimum Gasteiger partial charge on any atom is -0.198 e. The zero-order valence-corrected chi connectivity index (χ0v) is 11.6. The smallest absolute Gasteiger partial charge is 0.198 e. The first kappa shape index (κ1) is 12.6. The topological polar surface area (TPSA) is 3.01 Å². The van der Waals surface area contributed by atoms with Gasteiger partial charge in [0, 0.05) is 24.1 Å². The Bertz CT molecular complexity index is 541. The molecule has 1 heteroatoms. The molecule has 0 saturated heterocycles. The second-order valence-corrected chi connectivity index (χ2v) is 4.75. The summed E-state index contributed by atoms with van der Waals surface area (Å²) in [5, 5.41) is 0. The second-order valence-electron chi connectivity index (χ2n) is 4.75. The van der Waals surface area contributed by atoms with Crippen LogP contribution in [-0.2, 0) is 0 Å². The van der Waals surface area contributed by atoms with E-state index in [0.29, 0.717) is 0 Å². The molecule has 0 bridgehead atoms. The van der Waals surface area contributed by atoms with Crippen LogP contribution in [0.2, 0.25) is 0 Å². The fourth-order valence-electron chi connectivity index (χ4n) is 2.28. The van der Waals surface area contributed by atoms with Crippen LogP contribution in [-0.4, -0.2) is 17.3 Å². The van der Waals surface area contributed by atoms with E-state index in [1.165, 1.54) is 28.1 Å². The molecule has 0 aliphatic heterocycles. The summed E-state index contributed by atoms with van der Waals surface area (Å²) in [4.78, 5) is 0. The number of nitrogens with zero attached hydrogens (tertiary/aromatic N) is 1. The first-order valence-corrected chi connectivity index (χ1v) is 6.30. The van der Waals surface area contributed by atoms with Gasteiger partial charge in [0.25, 0.3) is 0 Å². The van der Waals surface area contributed by atoms with Crippen molar-refractivity contribution in [2.24, 2.45) is 0 Å². The number of benzene rings is 2. The summed E-state index contributed by atoms with van der Waals surface area (Å²) < 4.78 is 2.26. The maximum atomic E-state index is 2.26. The van der Waals surface area contributed by atoms with E-state index in [9.17, 15) is 0 Å². The molecule has 2 aromatic rings. The van der Waals surface area contributed by atoms with Gasteiger partial charge in [0.1, 0.15) is 7.05 Å². The molecule has 2 rings (SSSR count). The molecule has 0 atom stereocenters. The van der Waals surface area contributed by atoms with Crippen LogP contribution < -0.4 is 0 Å². The van der Waals surface area contributed by atoms with Gasteiger partial charge in [-0.2, -0.15) is 4.58 Å². The molecule has 0 radical (unpaired) electrons. The lowest BCUT2D eigenvalue weighted by atomic mass is 10.0. The minimum absolute atomic E-state index is 1.26. The van der Waals surface area contributed by atoms with Crippen molar-refractivity contribution in [2.75, 3.05) is 7.05 Å². The highest BCUT2D eigenvalue weighted by atomic mass is 15.0. The molecule has 0 spiro atoms. The van der Waals surface area contributed by atoms with Crippen LogP contribution in [0.1, 0.15) is 23.6 Å². The summed E-state index contributed by atoms with van der Waals surface area (Å²) in [6.45, 7) is 6.48. The van der Waals surface area contributed by atoms with Gasteiger partial charge in [-0.25, -0.2) is 0 Å². The van der Waals surface area contributed by atoms with Gasteiger partial charge >= 0.3 is 0 Å². The van der Waals surface area contributed by atoms with Gasteiger partial charge in [0.05, 0.1) is 0 Å². The van der Waals surface area contributed by atoms with E-state index in [2.05, 4.69) is 80.9 Å². The second kappa shape index (κ2) is 5.18. The van der Waals surface area contributed by atoms with Crippen molar-refractivity contribution >= 4 is 11.4 Å². The Morgan fingerprint density at radius 1 is 0.833 bits per heavy atom. The van der Waals surface area contributed by atoms with Crippen molar-refractivity contribution in [3.63, 3.8) is 0 Å². The van der Waals surface area contributed by atoms with Gasteiger partial charge in [-0.3, -0.25) is 0 Å². The first-order valence-electron chi connectivity index (χ1n) is 6.30. The van der Waals surface area contributed by atoms with E-state index >= 15 is 0 Å². The third kappa shape index (κ3) is 2.35. The Morgan fingerprint density at radius 3 is 2.00 bits per heavy atom. The van der Waals surface area contributed by atoms with Crippen molar-refractivity contribution in [3.05, 3.63) is 65.2 Å². The number of hydrogen-bond donors (Lipinski definition) is 0. The average molecular weight is 238 g/mol. The van der Waals surface area contributed by atoms with E-state index in [1.807, 2.05) is 0 Å². The standard InChI is InChI=1S/C17H20N/c1-13-9-5-7-11-16(13)15(3)18(4)17-12-8-6-10-14(17)2/h5-12H,1-4H3/q+1/b18-15+. The number of rotatable bonds is 2. The molecule has 0 aromatic heterocycles. The fraction of sp³-hybridized carbons (Fsp3) is 0.235. The molecule has 1 nitrogen and oxygen atoms in total. The van der Waals surface area contributed by atoms with Crippen molar-refractivity contribution in [2.45, 2.75) is 20.8 Å². The third-order valence-electron chi connectivity index (χ3n) is 3.51. The molecule has 0 amide bonds. The highest BCUT2D eigenvalue weighted by Gasteiger charge is 2.14. The van der Waals surface area contributed by atoms with Gasteiger partial charge in [0.2, 0.25) is 5.69 Å². The highest BCUT2D eigenvalue weighted by Crippen LogP contribution is 2.18. The van der Waals surface area contributed by atoms with E-state index in [4.69, 9.17) is 0 Å². The van der Waals surface area contributed by atoms with Gasteiger partial charge in [-0.1, -0.05) is 36.4 Å². The minimum atomic E-state index is 1.26. The van der Waals surface area contributed by atoms with Crippen molar-refractivity contribution < 1.29 is 4.58 Å². The normalized spacial score (nSPS) is 12.2. The van der Waals surface area contributed by atoms with Gasteiger partial charge in [-0.05, 0) is 25.5 Å². The monoisotopic (exact) mass is 238 g/mol. The zero-order valence-electron chi connectivity index (χ0n) is 11.6. The number of aryl methyl sites for hydroxylation is 2. The van der Waals surface area contributed by atoms with Crippen LogP contribution in [0.15, 0.2) is 48.5 Å². The van der Waals surface area contributed by atoms with Crippen molar-refractivity contribution in [3.8, 4) is 0 Å². The SMILES string of the molecule is C/C(c1ccccc1C)=[N+](/C)c1ccccc1C. The molecule has 2 aromatic carbocycles. The van der Waals surface area contributed by atoms with Crippen LogP contribution in [0, 0.1) is 13.8 Å². The summed E-state index contributed by atoms with van der Waals surface area (Å²) >= 11 is 0. The van der Waals surface area contributed by atoms with Crippen LogP contribution in [0.5, 0.6) is 0 Å². The molecule has 0 saturated carbocycles. The number of para-hydroxylation sites is 1. The number of hydrogen-bond acceptors (Lipinski definition) is 0. The average Bonchev–Trinajstić information content (AvgIpc) is 2.38. The molecule has 0 aliphatic rings. The Morgan fingerprint density at radius 2 is 1.39 bits per heavy atom. The lowest BCUT2D eigenvalue weighted by Gasteiger charge is -2.07. The van der Waals surface area contributed by atoms with Crippen molar-refractivity contribution in [1.29, 1.82) is 0 Å². The molecule has 0 aliphatic carbocycles. The molecule has 0 unspecified atom stereocenters. The molecule has 0 heterocycles. The Balaban J connectivity index is 2.55. The van der Waals surface area contributed by atoms with Gasteiger partial charge in [0.15, 0.2) is 5.71 Å². The quantitative estimate of drug-likeness (QED) is 0.547. The van der Waals surface area contributed by atoms with Gasteiger partial charge in [-0.15, -0.1) is 0 Å². The Labute approximate surface area is 109 Å². The molecule has 92 valence electrons. The predicted octanol–water partition coefficient (Wildman–Crippen LogP) is 4.09. The summed E-state index contributed by atoms with van der Waals surface area (Å²) in [6.07, 6.45) is 0. The van der Waals surface area contributed by atoms with Crippen LogP contribution in [0.4, 0.5) is 5.69 Å². The van der Waals surface area contributed by atoms with Crippen LogP contribution in [0.3, 0.4) is 0 Å². The predicted molar refractivity (Wildman–Crippen MR) is 78.0 cm³/mol. The summed E-state index contributed by atoms with van der Waals surface area (Å²) in [7, 11) is 2.13.